The molecule has 0 saturated heterocycles. The van der Waals surface area contributed by atoms with Crippen molar-refractivity contribution in [3.63, 3.8) is 0 Å². The maximum Gasteiger partial charge on any atom is 0.339 e. The number of carbonyl (C=O) groups is 2. The molecule has 0 fully saturated rings. The molecule has 0 unspecified atom stereocenters. The van der Waals surface area contributed by atoms with Crippen molar-refractivity contribution in [3.8, 4) is 17.6 Å². The molecule has 5 heteroatoms. The summed E-state index contributed by atoms with van der Waals surface area (Å²) in [5.41, 5.74) is 0.774. The van der Waals surface area contributed by atoms with Crippen molar-refractivity contribution in [2.24, 2.45) is 0 Å². The van der Waals surface area contributed by atoms with Gasteiger partial charge in [-0.15, -0.1) is 0 Å². The van der Waals surface area contributed by atoms with E-state index in [2.05, 4.69) is 17.2 Å². The van der Waals surface area contributed by atoms with Crippen LogP contribution >= 0.6 is 0 Å². The summed E-state index contributed by atoms with van der Waals surface area (Å²) in [5, 5.41) is 11.6. The largest absolute Gasteiger partial charge is 0.496 e. The van der Waals surface area contributed by atoms with Crippen LogP contribution in [-0.4, -0.2) is 30.6 Å². The summed E-state index contributed by atoms with van der Waals surface area (Å²) in [5.74, 6) is 4.92. The fraction of sp³-hybridized carbons (Fsp3) is 0.286. The van der Waals surface area contributed by atoms with Crippen LogP contribution in [0.15, 0.2) is 18.2 Å². The van der Waals surface area contributed by atoms with Crippen molar-refractivity contribution < 1.29 is 19.4 Å². The zero-order valence-corrected chi connectivity index (χ0v) is 10.8. The second-order valence-electron chi connectivity index (χ2n) is 3.75. The minimum absolute atomic E-state index is 0.0886. The van der Waals surface area contributed by atoms with Gasteiger partial charge in [-0.25, -0.2) is 4.79 Å². The van der Waals surface area contributed by atoms with Crippen molar-refractivity contribution in [3.05, 3.63) is 29.3 Å². The Morgan fingerprint density at radius 2 is 2.16 bits per heavy atom. The molecule has 1 aromatic rings. The highest BCUT2D eigenvalue weighted by Crippen LogP contribution is 2.19. The second-order valence-corrected chi connectivity index (χ2v) is 3.75. The lowest BCUT2D eigenvalue weighted by Gasteiger charge is -2.04. The molecule has 5 nitrogen and oxygen atoms in total. The molecule has 2 N–H and O–H groups in total. The Bertz CT molecular complexity index is 540. The molecule has 0 aliphatic carbocycles. The quantitative estimate of drug-likeness (QED) is 0.632. The smallest absolute Gasteiger partial charge is 0.339 e. The molecule has 0 aliphatic heterocycles. The van der Waals surface area contributed by atoms with E-state index in [-0.39, 0.29) is 17.2 Å². The van der Waals surface area contributed by atoms with Gasteiger partial charge in [0.2, 0.25) is 5.91 Å². The standard InChI is InChI=1S/C14H15NO4/c1-10(16)15-8-4-3-5-11-6-7-12(14(17)18)13(9-11)19-2/h6-7,9H,4,8H2,1-2H3,(H,15,16)(H,17,18). The molecule has 0 bridgehead atoms. The predicted octanol–water partition coefficient (Wildman–Crippen LogP) is 1.27. The molecular formula is C14H15NO4. The van der Waals surface area contributed by atoms with Gasteiger partial charge >= 0.3 is 5.97 Å². The summed E-state index contributed by atoms with van der Waals surface area (Å²) < 4.78 is 5.00. The Morgan fingerprint density at radius 1 is 1.42 bits per heavy atom. The Hall–Kier alpha value is -2.48. The van der Waals surface area contributed by atoms with Crippen LogP contribution in [0.3, 0.4) is 0 Å². The fourth-order valence-electron chi connectivity index (χ4n) is 1.41. The molecule has 0 atom stereocenters. The number of amides is 1. The van der Waals surface area contributed by atoms with E-state index >= 15 is 0 Å². The molecule has 1 amide bonds. The lowest BCUT2D eigenvalue weighted by molar-refractivity contribution is -0.118. The van der Waals surface area contributed by atoms with Crippen molar-refractivity contribution in [2.45, 2.75) is 13.3 Å². The van der Waals surface area contributed by atoms with E-state index in [0.29, 0.717) is 18.5 Å². The van der Waals surface area contributed by atoms with Gasteiger partial charge in [0.25, 0.3) is 0 Å². The number of methoxy groups -OCH3 is 1. The van der Waals surface area contributed by atoms with Gasteiger partial charge in [-0.2, -0.15) is 0 Å². The van der Waals surface area contributed by atoms with Crippen LogP contribution in [0, 0.1) is 11.8 Å². The van der Waals surface area contributed by atoms with E-state index in [9.17, 15) is 9.59 Å². The number of carboxylic acid groups (broad SMARTS) is 1. The topological polar surface area (TPSA) is 75.6 Å². The molecule has 100 valence electrons. The van der Waals surface area contributed by atoms with E-state index < -0.39 is 5.97 Å². The molecule has 0 radical (unpaired) electrons. The number of hydrogen-bond donors (Lipinski definition) is 2. The van der Waals surface area contributed by atoms with Gasteiger partial charge < -0.3 is 15.2 Å². The molecule has 0 aliphatic rings. The Kier molecular flexibility index (Phi) is 5.42. The number of rotatable bonds is 4. The number of aromatic carboxylic acids is 1. The van der Waals surface area contributed by atoms with Crippen LogP contribution in [0.4, 0.5) is 0 Å². The highest BCUT2D eigenvalue weighted by molar-refractivity contribution is 5.91. The van der Waals surface area contributed by atoms with Crippen LogP contribution < -0.4 is 10.1 Å². The monoisotopic (exact) mass is 261 g/mol. The van der Waals surface area contributed by atoms with E-state index in [1.165, 1.54) is 20.1 Å². The van der Waals surface area contributed by atoms with Gasteiger partial charge in [0.15, 0.2) is 0 Å². The Labute approximate surface area is 111 Å². The molecule has 0 spiro atoms. The molecule has 0 heterocycles. The first-order chi connectivity index (χ1) is 9.04. The van der Waals surface area contributed by atoms with Gasteiger partial charge in [0.1, 0.15) is 11.3 Å². The average molecular weight is 261 g/mol. The number of carbonyl (C=O) groups excluding carboxylic acids is 1. The maximum absolute atomic E-state index is 10.9. The first kappa shape index (κ1) is 14.6. The molecular weight excluding hydrogens is 246 g/mol. The zero-order chi connectivity index (χ0) is 14.3. The van der Waals surface area contributed by atoms with Crippen molar-refractivity contribution in [2.75, 3.05) is 13.7 Å². The summed E-state index contributed by atoms with van der Waals surface area (Å²) in [6.45, 7) is 1.94. The van der Waals surface area contributed by atoms with Crippen LogP contribution in [0.5, 0.6) is 5.75 Å². The van der Waals surface area contributed by atoms with Crippen LogP contribution in [0.25, 0.3) is 0 Å². The van der Waals surface area contributed by atoms with Crippen molar-refractivity contribution in [1.29, 1.82) is 0 Å². The summed E-state index contributed by atoms with van der Waals surface area (Å²) in [6, 6.07) is 4.66. The highest BCUT2D eigenvalue weighted by atomic mass is 16.5. The Morgan fingerprint density at radius 3 is 2.74 bits per heavy atom. The fourth-order valence-corrected chi connectivity index (χ4v) is 1.41. The SMILES string of the molecule is COc1cc(C#CCCNC(C)=O)ccc1C(=O)O. The average Bonchev–Trinajstić information content (AvgIpc) is 2.37. The van der Waals surface area contributed by atoms with Gasteiger partial charge in [0.05, 0.1) is 7.11 Å². The molecule has 1 aromatic carbocycles. The summed E-state index contributed by atoms with van der Waals surface area (Å²) in [7, 11) is 1.41. The summed E-state index contributed by atoms with van der Waals surface area (Å²) in [4.78, 5) is 21.5. The first-order valence-corrected chi connectivity index (χ1v) is 5.69. The molecule has 19 heavy (non-hydrogen) atoms. The summed E-state index contributed by atoms with van der Waals surface area (Å²) >= 11 is 0. The van der Waals surface area contributed by atoms with Gasteiger partial charge in [-0.05, 0) is 18.2 Å². The van der Waals surface area contributed by atoms with Crippen molar-refractivity contribution >= 4 is 11.9 Å². The first-order valence-electron chi connectivity index (χ1n) is 5.69. The van der Waals surface area contributed by atoms with E-state index in [1.807, 2.05) is 0 Å². The van der Waals surface area contributed by atoms with Crippen LogP contribution in [-0.2, 0) is 4.79 Å². The lowest BCUT2D eigenvalue weighted by Crippen LogP contribution is -2.20. The number of hydrogen-bond acceptors (Lipinski definition) is 3. The van der Waals surface area contributed by atoms with Crippen molar-refractivity contribution in [1.82, 2.24) is 5.32 Å². The third-order valence-electron chi connectivity index (χ3n) is 2.29. The van der Waals surface area contributed by atoms with Crippen LogP contribution in [0.2, 0.25) is 0 Å². The normalized spacial score (nSPS) is 9.16. The van der Waals surface area contributed by atoms with Gasteiger partial charge in [-0.3, -0.25) is 4.79 Å². The predicted molar refractivity (Wildman–Crippen MR) is 70.1 cm³/mol. The maximum atomic E-state index is 10.9. The van der Waals surface area contributed by atoms with Gasteiger partial charge in [0, 0.05) is 25.5 Å². The summed E-state index contributed by atoms with van der Waals surface area (Å²) in [6.07, 6.45) is 0.530. The zero-order valence-electron chi connectivity index (χ0n) is 10.8. The van der Waals surface area contributed by atoms with E-state index in [4.69, 9.17) is 9.84 Å². The van der Waals surface area contributed by atoms with E-state index in [1.54, 1.807) is 12.1 Å². The third-order valence-corrected chi connectivity index (χ3v) is 2.29. The van der Waals surface area contributed by atoms with Gasteiger partial charge in [-0.1, -0.05) is 11.8 Å². The number of nitrogens with one attached hydrogen (secondary N) is 1. The lowest BCUT2D eigenvalue weighted by atomic mass is 10.1. The minimum Gasteiger partial charge on any atom is -0.496 e. The number of benzene rings is 1. The highest BCUT2D eigenvalue weighted by Gasteiger charge is 2.10. The second kappa shape index (κ2) is 7.07. The third kappa shape index (κ3) is 4.72. The molecule has 0 saturated carbocycles. The van der Waals surface area contributed by atoms with E-state index in [0.717, 1.165) is 0 Å². The molecule has 1 rings (SSSR count). The molecule has 0 aromatic heterocycles. The number of carboxylic acids is 1. The number of ether oxygens (including phenoxy) is 1. The minimum atomic E-state index is -1.04. The van der Waals surface area contributed by atoms with Crippen LogP contribution in [0.1, 0.15) is 29.3 Å². The Balaban J connectivity index is 2.72.